The molecule has 0 spiro atoms. The fraction of sp³-hybridized carbons (Fsp3) is 0.0909. The highest BCUT2D eigenvalue weighted by molar-refractivity contribution is 6.31. The van der Waals surface area contributed by atoms with Crippen LogP contribution in [0.2, 0.25) is 5.02 Å². The van der Waals surface area contributed by atoms with Crippen LogP contribution in [0.25, 0.3) is 10.8 Å². The minimum atomic E-state index is -0.363. The molecular weight excluding hydrogens is 187 g/mol. The average Bonchev–Trinajstić information content (AvgIpc) is 2.08. The largest absolute Gasteiger partial charge is 0.205 e. The lowest BCUT2D eigenvalue weighted by molar-refractivity contribution is 0.630. The number of halogens is 2. The normalized spacial score (nSPS) is 10.7. The van der Waals surface area contributed by atoms with Crippen LogP contribution in [0.15, 0.2) is 30.3 Å². The fourth-order valence-corrected chi connectivity index (χ4v) is 1.53. The maximum atomic E-state index is 13.0. The predicted octanol–water partition coefficient (Wildman–Crippen LogP) is 3.94. The SMILES string of the molecule is Cc1ccc2cc(F)c(Cl)cc2c1. The summed E-state index contributed by atoms with van der Waals surface area (Å²) in [6.07, 6.45) is 0. The van der Waals surface area contributed by atoms with Gasteiger partial charge in [0, 0.05) is 0 Å². The maximum Gasteiger partial charge on any atom is 0.142 e. The standard InChI is InChI=1S/C11H8ClF/c1-7-2-3-8-6-11(13)10(12)5-9(8)4-7/h2-6H,1H3. The third kappa shape index (κ3) is 1.52. The zero-order chi connectivity index (χ0) is 9.42. The first-order chi connectivity index (χ1) is 6.16. The predicted molar refractivity (Wildman–Crippen MR) is 53.7 cm³/mol. The van der Waals surface area contributed by atoms with Crippen molar-refractivity contribution in [3.05, 3.63) is 46.7 Å². The highest BCUT2D eigenvalue weighted by Gasteiger charge is 2.01. The number of hydrogen-bond acceptors (Lipinski definition) is 0. The Balaban J connectivity index is 2.81. The van der Waals surface area contributed by atoms with E-state index in [0.29, 0.717) is 0 Å². The van der Waals surface area contributed by atoms with Crippen molar-refractivity contribution in [1.29, 1.82) is 0 Å². The molecule has 2 aromatic carbocycles. The molecule has 66 valence electrons. The van der Waals surface area contributed by atoms with E-state index in [9.17, 15) is 4.39 Å². The zero-order valence-corrected chi connectivity index (χ0v) is 7.90. The van der Waals surface area contributed by atoms with Gasteiger partial charge in [0.2, 0.25) is 0 Å². The lowest BCUT2D eigenvalue weighted by Crippen LogP contribution is -1.80. The summed E-state index contributed by atoms with van der Waals surface area (Å²) in [6, 6.07) is 8.94. The molecule has 0 amide bonds. The third-order valence-electron chi connectivity index (χ3n) is 2.03. The molecule has 0 nitrogen and oxygen atoms in total. The topological polar surface area (TPSA) is 0 Å². The van der Waals surface area contributed by atoms with Gasteiger partial charge in [-0.1, -0.05) is 35.4 Å². The molecule has 0 radical (unpaired) electrons. The smallest absolute Gasteiger partial charge is 0.142 e. The Morgan fingerprint density at radius 2 is 1.85 bits per heavy atom. The molecule has 0 atom stereocenters. The van der Waals surface area contributed by atoms with E-state index < -0.39 is 0 Å². The Kier molecular flexibility index (Phi) is 1.97. The van der Waals surface area contributed by atoms with Gasteiger partial charge < -0.3 is 0 Å². The van der Waals surface area contributed by atoms with Crippen LogP contribution in [0.3, 0.4) is 0 Å². The van der Waals surface area contributed by atoms with Gasteiger partial charge in [0.15, 0.2) is 0 Å². The van der Waals surface area contributed by atoms with E-state index in [1.54, 1.807) is 6.07 Å². The minimum Gasteiger partial charge on any atom is -0.205 e. The number of aryl methyl sites for hydroxylation is 1. The van der Waals surface area contributed by atoms with E-state index in [4.69, 9.17) is 11.6 Å². The van der Waals surface area contributed by atoms with E-state index in [2.05, 4.69) is 0 Å². The van der Waals surface area contributed by atoms with Crippen LogP contribution in [0.5, 0.6) is 0 Å². The molecule has 2 aromatic rings. The highest BCUT2D eigenvalue weighted by Crippen LogP contribution is 2.23. The average molecular weight is 195 g/mol. The Hall–Kier alpha value is -1.08. The second-order valence-corrected chi connectivity index (χ2v) is 3.52. The monoisotopic (exact) mass is 194 g/mol. The van der Waals surface area contributed by atoms with E-state index in [-0.39, 0.29) is 10.8 Å². The number of benzene rings is 2. The Morgan fingerprint density at radius 3 is 2.62 bits per heavy atom. The van der Waals surface area contributed by atoms with Crippen molar-refractivity contribution in [2.45, 2.75) is 6.92 Å². The van der Waals surface area contributed by atoms with Crippen molar-refractivity contribution in [3.8, 4) is 0 Å². The number of fused-ring (bicyclic) bond motifs is 1. The molecule has 13 heavy (non-hydrogen) atoms. The Labute approximate surface area is 80.9 Å². The van der Waals surface area contributed by atoms with E-state index in [0.717, 1.165) is 16.3 Å². The van der Waals surface area contributed by atoms with Gasteiger partial charge >= 0.3 is 0 Å². The van der Waals surface area contributed by atoms with Gasteiger partial charge in [-0.3, -0.25) is 0 Å². The fourth-order valence-electron chi connectivity index (χ4n) is 1.36. The van der Waals surface area contributed by atoms with E-state index >= 15 is 0 Å². The second-order valence-electron chi connectivity index (χ2n) is 3.12. The molecule has 0 N–H and O–H groups in total. The van der Waals surface area contributed by atoms with Crippen molar-refractivity contribution in [1.82, 2.24) is 0 Å². The molecule has 0 aliphatic carbocycles. The minimum absolute atomic E-state index is 0.179. The van der Waals surface area contributed by atoms with Gasteiger partial charge in [0.1, 0.15) is 5.82 Å². The Bertz CT molecular complexity index is 463. The summed E-state index contributed by atoms with van der Waals surface area (Å²) in [7, 11) is 0. The first-order valence-electron chi connectivity index (χ1n) is 4.02. The van der Waals surface area contributed by atoms with Gasteiger partial charge in [0.05, 0.1) is 5.02 Å². The summed E-state index contributed by atoms with van der Waals surface area (Å²) in [4.78, 5) is 0. The summed E-state index contributed by atoms with van der Waals surface area (Å²) < 4.78 is 13.0. The maximum absolute atomic E-state index is 13.0. The van der Waals surface area contributed by atoms with Gasteiger partial charge in [-0.25, -0.2) is 4.39 Å². The van der Waals surface area contributed by atoms with Gasteiger partial charge in [-0.15, -0.1) is 0 Å². The van der Waals surface area contributed by atoms with Crippen molar-refractivity contribution in [2.75, 3.05) is 0 Å². The molecule has 0 aromatic heterocycles. The molecule has 0 heterocycles. The second kappa shape index (κ2) is 3.00. The van der Waals surface area contributed by atoms with Crippen molar-refractivity contribution in [3.63, 3.8) is 0 Å². The van der Waals surface area contributed by atoms with Gasteiger partial charge in [0.25, 0.3) is 0 Å². The number of rotatable bonds is 0. The summed E-state index contributed by atoms with van der Waals surface area (Å²) in [5.41, 5.74) is 1.15. The summed E-state index contributed by atoms with van der Waals surface area (Å²) in [5.74, 6) is -0.363. The van der Waals surface area contributed by atoms with E-state index in [1.165, 1.54) is 6.07 Å². The van der Waals surface area contributed by atoms with Gasteiger partial charge in [-0.2, -0.15) is 0 Å². The summed E-state index contributed by atoms with van der Waals surface area (Å²) in [5, 5.41) is 2.04. The zero-order valence-electron chi connectivity index (χ0n) is 7.14. The van der Waals surface area contributed by atoms with Crippen LogP contribution in [0, 0.1) is 12.7 Å². The quantitative estimate of drug-likeness (QED) is 0.596. The summed E-state index contributed by atoms with van der Waals surface area (Å²) in [6.45, 7) is 2.00. The molecular formula is C11H8ClF. The molecule has 2 rings (SSSR count). The summed E-state index contributed by atoms with van der Waals surface area (Å²) >= 11 is 5.66. The van der Waals surface area contributed by atoms with Crippen LogP contribution >= 0.6 is 11.6 Å². The molecule has 0 saturated heterocycles. The molecule has 0 unspecified atom stereocenters. The molecule has 0 aliphatic heterocycles. The van der Waals surface area contributed by atoms with E-state index in [1.807, 2.05) is 25.1 Å². The molecule has 0 fully saturated rings. The first kappa shape index (κ1) is 8.52. The van der Waals surface area contributed by atoms with Crippen LogP contribution in [0.4, 0.5) is 4.39 Å². The highest BCUT2D eigenvalue weighted by atomic mass is 35.5. The Morgan fingerprint density at radius 1 is 1.08 bits per heavy atom. The molecule has 0 aliphatic rings. The van der Waals surface area contributed by atoms with Crippen molar-refractivity contribution in [2.24, 2.45) is 0 Å². The molecule has 0 bridgehead atoms. The van der Waals surface area contributed by atoms with Crippen LogP contribution in [0.1, 0.15) is 5.56 Å². The number of hydrogen-bond donors (Lipinski definition) is 0. The van der Waals surface area contributed by atoms with Crippen molar-refractivity contribution >= 4 is 22.4 Å². The van der Waals surface area contributed by atoms with Gasteiger partial charge in [-0.05, 0) is 29.8 Å². The van der Waals surface area contributed by atoms with Crippen LogP contribution in [-0.4, -0.2) is 0 Å². The third-order valence-corrected chi connectivity index (χ3v) is 2.32. The van der Waals surface area contributed by atoms with Crippen LogP contribution in [-0.2, 0) is 0 Å². The molecule has 2 heteroatoms. The lowest BCUT2D eigenvalue weighted by Gasteiger charge is -2.00. The lowest BCUT2D eigenvalue weighted by atomic mass is 10.1. The first-order valence-corrected chi connectivity index (χ1v) is 4.40. The molecule has 0 saturated carbocycles. The van der Waals surface area contributed by atoms with Crippen LogP contribution < -0.4 is 0 Å². The van der Waals surface area contributed by atoms with Crippen molar-refractivity contribution < 1.29 is 4.39 Å².